The number of rotatable bonds is 2. The Balaban J connectivity index is 1.60. The first-order valence-corrected chi connectivity index (χ1v) is 10.9. The fourth-order valence-electron chi connectivity index (χ4n) is 4.24. The van der Waals surface area contributed by atoms with Gasteiger partial charge in [-0.1, -0.05) is 0 Å². The van der Waals surface area contributed by atoms with Crippen LogP contribution in [0, 0.1) is 0 Å². The van der Waals surface area contributed by atoms with Crippen molar-refractivity contribution in [2.45, 2.75) is 75.9 Å². The Labute approximate surface area is 188 Å². The zero-order chi connectivity index (χ0) is 24.2. The van der Waals surface area contributed by atoms with Crippen molar-refractivity contribution in [1.82, 2.24) is 15.2 Å². The topological polar surface area (TPSA) is 83.9 Å². The smallest absolute Gasteiger partial charge is 0.433 e. The summed E-state index contributed by atoms with van der Waals surface area (Å²) in [5.41, 5.74) is -5.28. The van der Waals surface area contributed by atoms with E-state index in [1.165, 1.54) is 4.90 Å². The van der Waals surface area contributed by atoms with Gasteiger partial charge in [0.25, 0.3) is 5.91 Å². The zero-order valence-electron chi connectivity index (χ0n) is 18.7. The molecule has 2 fully saturated rings. The van der Waals surface area contributed by atoms with Gasteiger partial charge in [-0.15, -0.1) is 0 Å². The summed E-state index contributed by atoms with van der Waals surface area (Å²) in [7, 11) is 0. The average molecular weight is 470 g/mol. The van der Waals surface area contributed by atoms with Gasteiger partial charge >= 0.3 is 12.3 Å². The Kier molecular flexibility index (Phi) is 5.44. The average Bonchev–Trinajstić information content (AvgIpc) is 3.00. The van der Waals surface area contributed by atoms with E-state index >= 15 is 4.39 Å². The monoisotopic (exact) mass is 470 g/mol. The molecule has 2 aliphatic heterocycles. The Morgan fingerprint density at radius 2 is 1.76 bits per heavy atom. The van der Waals surface area contributed by atoms with E-state index < -0.39 is 40.7 Å². The van der Waals surface area contributed by atoms with Gasteiger partial charge in [0.2, 0.25) is 0 Å². The summed E-state index contributed by atoms with van der Waals surface area (Å²) < 4.78 is 60.3. The van der Waals surface area contributed by atoms with E-state index in [9.17, 15) is 22.8 Å². The number of amides is 2. The molecule has 0 bridgehead atoms. The SMILES string of the molecule is CC(C)(C)OC(=O)N1CCC2(CC1)N=C(c1ccc(C(F)(F)F)nc1C1(F)CCC1)NC2=O. The van der Waals surface area contributed by atoms with Crippen molar-refractivity contribution < 1.29 is 31.9 Å². The second-order valence-electron chi connectivity index (χ2n) is 9.82. The summed E-state index contributed by atoms with van der Waals surface area (Å²) in [4.78, 5) is 34.8. The molecular weight excluding hydrogens is 444 g/mol. The summed E-state index contributed by atoms with van der Waals surface area (Å²) >= 11 is 0. The van der Waals surface area contributed by atoms with Crippen molar-refractivity contribution in [3.05, 3.63) is 29.1 Å². The van der Waals surface area contributed by atoms with Crippen LogP contribution in [-0.2, 0) is 21.4 Å². The molecule has 1 aromatic heterocycles. The van der Waals surface area contributed by atoms with Crippen molar-refractivity contribution in [3.63, 3.8) is 0 Å². The van der Waals surface area contributed by atoms with E-state index in [2.05, 4.69) is 15.3 Å². The number of nitrogens with one attached hydrogen (secondary N) is 1. The van der Waals surface area contributed by atoms with Gasteiger partial charge in [-0.05, 0) is 65.0 Å². The Morgan fingerprint density at radius 1 is 1.12 bits per heavy atom. The fourth-order valence-corrected chi connectivity index (χ4v) is 4.24. The molecule has 1 saturated carbocycles. The molecule has 1 spiro atoms. The van der Waals surface area contributed by atoms with Crippen molar-refractivity contribution in [3.8, 4) is 0 Å². The van der Waals surface area contributed by atoms with Crippen LogP contribution in [0.4, 0.5) is 22.4 Å². The lowest BCUT2D eigenvalue weighted by molar-refractivity contribution is -0.141. The molecule has 1 aliphatic carbocycles. The largest absolute Gasteiger partial charge is 0.444 e. The van der Waals surface area contributed by atoms with Gasteiger partial charge in [-0.2, -0.15) is 13.2 Å². The highest BCUT2D eigenvalue weighted by Gasteiger charge is 2.50. The molecule has 3 aliphatic rings. The number of pyridine rings is 1. The number of hydrogen-bond donors (Lipinski definition) is 1. The third kappa shape index (κ3) is 4.41. The van der Waals surface area contributed by atoms with E-state index in [0.717, 1.165) is 12.1 Å². The molecule has 11 heteroatoms. The molecule has 1 saturated heterocycles. The third-order valence-electron chi connectivity index (χ3n) is 6.23. The number of halogens is 4. The van der Waals surface area contributed by atoms with Crippen molar-refractivity contribution in [2.24, 2.45) is 4.99 Å². The first-order chi connectivity index (χ1) is 15.2. The maximum absolute atomic E-state index is 15.3. The van der Waals surface area contributed by atoms with Gasteiger partial charge in [-0.3, -0.25) is 9.79 Å². The molecule has 7 nitrogen and oxygen atoms in total. The number of amidine groups is 1. The lowest BCUT2D eigenvalue weighted by Gasteiger charge is -2.36. The number of alkyl halides is 4. The number of carbonyl (C=O) groups is 2. The summed E-state index contributed by atoms with van der Waals surface area (Å²) in [5.74, 6) is -0.403. The minimum absolute atomic E-state index is 0.0193. The molecule has 33 heavy (non-hydrogen) atoms. The van der Waals surface area contributed by atoms with Crippen LogP contribution in [0.2, 0.25) is 0 Å². The first-order valence-electron chi connectivity index (χ1n) is 10.9. The lowest BCUT2D eigenvalue weighted by atomic mass is 9.77. The number of carbonyl (C=O) groups excluding carboxylic acids is 2. The van der Waals surface area contributed by atoms with E-state index in [1.807, 2.05) is 0 Å². The molecule has 3 heterocycles. The van der Waals surface area contributed by atoms with Crippen LogP contribution in [0.25, 0.3) is 0 Å². The fraction of sp³-hybridized carbons (Fsp3) is 0.636. The minimum Gasteiger partial charge on any atom is -0.444 e. The van der Waals surface area contributed by atoms with Gasteiger partial charge in [0.1, 0.15) is 22.7 Å². The highest BCUT2D eigenvalue weighted by atomic mass is 19.4. The van der Waals surface area contributed by atoms with Gasteiger partial charge in [0, 0.05) is 18.7 Å². The molecule has 1 N–H and O–H groups in total. The van der Waals surface area contributed by atoms with Crippen LogP contribution in [0.5, 0.6) is 0 Å². The summed E-state index contributed by atoms with van der Waals surface area (Å²) in [6.07, 6.45) is -4.12. The molecule has 2 amide bonds. The van der Waals surface area contributed by atoms with Crippen LogP contribution in [0.15, 0.2) is 17.1 Å². The zero-order valence-corrected chi connectivity index (χ0v) is 18.7. The van der Waals surface area contributed by atoms with Crippen molar-refractivity contribution in [1.29, 1.82) is 0 Å². The minimum atomic E-state index is -4.72. The molecule has 4 rings (SSSR count). The highest BCUT2D eigenvalue weighted by molar-refractivity contribution is 6.16. The molecular formula is C22H26F4N4O3. The number of hydrogen-bond acceptors (Lipinski definition) is 5. The van der Waals surface area contributed by atoms with Crippen LogP contribution < -0.4 is 5.32 Å². The molecule has 0 unspecified atom stereocenters. The van der Waals surface area contributed by atoms with Crippen LogP contribution in [0.3, 0.4) is 0 Å². The van der Waals surface area contributed by atoms with E-state index in [1.54, 1.807) is 20.8 Å². The predicted octanol–water partition coefficient (Wildman–Crippen LogP) is 4.10. The Hall–Kier alpha value is -2.72. The lowest BCUT2D eigenvalue weighted by Crippen LogP contribution is -2.51. The maximum atomic E-state index is 15.3. The van der Waals surface area contributed by atoms with Crippen molar-refractivity contribution >= 4 is 17.8 Å². The number of piperidine rings is 1. The van der Waals surface area contributed by atoms with E-state index in [0.29, 0.717) is 6.42 Å². The Morgan fingerprint density at radius 3 is 2.27 bits per heavy atom. The van der Waals surface area contributed by atoms with Gasteiger partial charge in [-0.25, -0.2) is 14.2 Å². The normalized spacial score (nSPS) is 22.0. The first kappa shape index (κ1) is 23.4. The molecule has 0 aromatic carbocycles. The molecule has 1 aromatic rings. The number of nitrogens with zero attached hydrogens (tertiary/aromatic N) is 3. The highest BCUT2D eigenvalue weighted by Crippen LogP contribution is 2.46. The summed E-state index contributed by atoms with van der Waals surface area (Å²) in [6.45, 7) is 5.72. The quantitative estimate of drug-likeness (QED) is 0.660. The van der Waals surface area contributed by atoms with Crippen LogP contribution in [-0.4, -0.2) is 51.9 Å². The standard InChI is InChI=1S/C22H26F4N4O3/c1-19(2,3)33-18(32)30-11-9-21(10-12-30)17(31)28-16(29-21)13-5-6-14(22(24,25)26)27-15(13)20(23)7-4-8-20/h5-6H,4,7-12H2,1-3H3,(H,28,29,31). The van der Waals surface area contributed by atoms with Crippen molar-refractivity contribution in [2.75, 3.05) is 13.1 Å². The maximum Gasteiger partial charge on any atom is 0.433 e. The molecule has 0 radical (unpaired) electrons. The summed E-state index contributed by atoms with van der Waals surface area (Å²) in [6, 6.07) is 1.89. The van der Waals surface area contributed by atoms with Gasteiger partial charge in [0.05, 0.1) is 5.69 Å². The Bertz CT molecular complexity index is 1000. The van der Waals surface area contributed by atoms with E-state index in [4.69, 9.17) is 4.74 Å². The van der Waals surface area contributed by atoms with Gasteiger partial charge in [0.15, 0.2) is 5.67 Å². The second kappa shape index (κ2) is 7.66. The second-order valence-corrected chi connectivity index (χ2v) is 9.82. The number of likely N-dealkylation sites (tertiary alicyclic amines) is 1. The molecule has 180 valence electrons. The number of ether oxygens (including phenoxy) is 1. The number of aliphatic imine (C=N–C) groups is 1. The molecule has 0 atom stereocenters. The number of aromatic nitrogens is 1. The summed E-state index contributed by atoms with van der Waals surface area (Å²) in [5, 5.41) is 2.62. The van der Waals surface area contributed by atoms with Crippen LogP contribution in [0.1, 0.15) is 69.8 Å². The predicted molar refractivity (Wildman–Crippen MR) is 110 cm³/mol. The van der Waals surface area contributed by atoms with E-state index in [-0.39, 0.29) is 55.9 Å². The van der Waals surface area contributed by atoms with Crippen LogP contribution >= 0.6 is 0 Å². The van der Waals surface area contributed by atoms with Gasteiger partial charge < -0.3 is 15.0 Å². The third-order valence-corrected chi connectivity index (χ3v) is 6.23.